The summed E-state index contributed by atoms with van der Waals surface area (Å²) in [7, 11) is 0. The Hall–Kier alpha value is -1.91. The fourth-order valence-electron chi connectivity index (χ4n) is 1.63. The minimum atomic E-state index is -0.908. The molecule has 4 nitrogen and oxygen atoms in total. The van der Waals surface area contributed by atoms with Gasteiger partial charge in [-0.25, -0.2) is 9.78 Å². The van der Waals surface area contributed by atoms with E-state index in [2.05, 4.69) is 4.98 Å². The van der Waals surface area contributed by atoms with Crippen LogP contribution < -0.4 is 0 Å². The Kier molecular flexibility index (Phi) is 4.94. The van der Waals surface area contributed by atoms with E-state index >= 15 is 0 Å². The summed E-state index contributed by atoms with van der Waals surface area (Å²) in [6, 6.07) is 9.33. The summed E-state index contributed by atoms with van der Waals surface area (Å²) in [4.78, 5) is 27.8. The second-order valence-corrected chi connectivity index (χ2v) is 5.11. The molecule has 0 saturated carbocycles. The Labute approximate surface area is 131 Å². The van der Waals surface area contributed by atoms with Gasteiger partial charge in [0.15, 0.2) is 6.10 Å². The summed E-state index contributed by atoms with van der Waals surface area (Å²) in [5.74, 6) is -0.934. The van der Waals surface area contributed by atoms with Crippen molar-refractivity contribution in [2.75, 3.05) is 0 Å². The third-order valence-electron chi connectivity index (χ3n) is 2.74. The first kappa shape index (κ1) is 15.5. The van der Waals surface area contributed by atoms with E-state index in [9.17, 15) is 9.59 Å². The first-order valence-electron chi connectivity index (χ1n) is 6.09. The summed E-state index contributed by atoms with van der Waals surface area (Å²) < 4.78 is 5.12. The zero-order valence-electron chi connectivity index (χ0n) is 11.0. The average molecular weight is 324 g/mol. The number of pyridine rings is 1. The molecule has 0 aliphatic heterocycles. The molecule has 21 heavy (non-hydrogen) atoms. The van der Waals surface area contributed by atoms with Gasteiger partial charge in [-0.2, -0.15) is 0 Å². The summed E-state index contributed by atoms with van der Waals surface area (Å²) in [5, 5.41) is 0.806. The molecular weight excluding hydrogens is 313 g/mol. The predicted molar refractivity (Wildman–Crippen MR) is 79.9 cm³/mol. The molecule has 0 unspecified atom stereocenters. The van der Waals surface area contributed by atoms with Crippen LogP contribution in [0.4, 0.5) is 0 Å². The van der Waals surface area contributed by atoms with Crippen LogP contribution >= 0.6 is 23.2 Å². The lowest BCUT2D eigenvalue weighted by molar-refractivity contribution is 0.0318. The molecule has 2 aromatic rings. The summed E-state index contributed by atoms with van der Waals surface area (Å²) in [5.41, 5.74) is 0.657. The topological polar surface area (TPSA) is 56.3 Å². The van der Waals surface area contributed by atoms with Crippen LogP contribution in [0.3, 0.4) is 0 Å². The van der Waals surface area contributed by atoms with Crippen LogP contribution in [0.25, 0.3) is 0 Å². The summed E-state index contributed by atoms with van der Waals surface area (Å²) in [6.45, 7) is 1.51. The van der Waals surface area contributed by atoms with Gasteiger partial charge in [0.1, 0.15) is 5.15 Å². The molecule has 1 aromatic heterocycles. The predicted octanol–water partition coefficient (Wildman–Crippen LogP) is 3.82. The number of hydrogen-bond acceptors (Lipinski definition) is 4. The van der Waals surface area contributed by atoms with Crippen LogP contribution in [0.5, 0.6) is 0 Å². The van der Waals surface area contributed by atoms with Crippen molar-refractivity contribution in [2.24, 2.45) is 0 Å². The van der Waals surface area contributed by atoms with Gasteiger partial charge in [0, 0.05) is 16.8 Å². The number of ether oxygens (including phenoxy) is 1. The SMILES string of the molecule is C[C@@H](OC(=O)c1ccc(Cl)nc1)C(=O)c1ccc(Cl)cc1. The van der Waals surface area contributed by atoms with Crippen molar-refractivity contribution in [1.29, 1.82) is 0 Å². The maximum atomic E-state index is 12.1. The quantitative estimate of drug-likeness (QED) is 0.487. The van der Waals surface area contributed by atoms with Gasteiger partial charge < -0.3 is 4.74 Å². The Morgan fingerprint density at radius 3 is 2.24 bits per heavy atom. The zero-order valence-corrected chi connectivity index (χ0v) is 12.6. The number of ketones is 1. The monoisotopic (exact) mass is 323 g/mol. The lowest BCUT2D eigenvalue weighted by atomic mass is 10.1. The van der Waals surface area contributed by atoms with Crippen molar-refractivity contribution in [3.05, 3.63) is 63.9 Å². The largest absolute Gasteiger partial charge is 0.451 e. The van der Waals surface area contributed by atoms with Gasteiger partial charge >= 0.3 is 5.97 Å². The summed E-state index contributed by atoms with van der Waals surface area (Å²) in [6.07, 6.45) is 0.388. The molecule has 1 heterocycles. The van der Waals surface area contributed by atoms with Crippen LogP contribution in [0, 0.1) is 0 Å². The average Bonchev–Trinajstić information content (AvgIpc) is 2.47. The molecule has 1 atom stereocenters. The van der Waals surface area contributed by atoms with Gasteiger partial charge in [0.2, 0.25) is 5.78 Å². The van der Waals surface area contributed by atoms with Crippen LogP contribution in [-0.2, 0) is 4.74 Å². The Balaban J connectivity index is 2.05. The number of rotatable bonds is 4. The number of carbonyl (C=O) groups is 2. The molecule has 0 amide bonds. The molecule has 1 aromatic carbocycles. The van der Waals surface area contributed by atoms with Crippen LogP contribution in [0.2, 0.25) is 10.2 Å². The highest BCUT2D eigenvalue weighted by Crippen LogP contribution is 2.14. The third-order valence-corrected chi connectivity index (χ3v) is 3.22. The molecule has 108 valence electrons. The molecule has 0 spiro atoms. The van der Waals surface area contributed by atoms with Crippen molar-refractivity contribution in [1.82, 2.24) is 4.98 Å². The van der Waals surface area contributed by atoms with E-state index in [0.717, 1.165) is 0 Å². The van der Waals surface area contributed by atoms with E-state index < -0.39 is 12.1 Å². The van der Waals surface area contributed by atoms with Crippen LogP contribution in [0.1, 0.15) is 27.6 Å². The first-order valence-corrected chi connectivity index (χ1v) is 6.85. The summed E-state index contributed by atoms with van der Waals surface area (Å²) >= 11 is 11.4. The number of Topliss-reactive ketones (excluding diaryl/α,β-unsaturated/α-hetero) is 1. The van der Waals surface area contributed by atoms with Crippen LogP contribution in [0.15, 0.2) is 42.6 Å². The molecule has 2 rings (SSSR count). The maximum Gasteiger partial charge on any atom is 0.340 e. The number of hydrogen-bond donors (Lipinski definition) is 0. The van der Waals surface area contributed by atoms with Crippen molar-refractivity contribution in [2.45, 2.75) is 13.0 Å². The van der Waals surface area contributed by atoms with Gasteiger partial charge in [-0.15, -0.1) is 0 Å². The molecular formula is C15H11Cl2NO3. The van der Waals surface area contributed by atoms with E-state index in [1.54, 1.807) is 24.3 Å². The molecule has 0 aliphatic rings. The van der Waals surface area contributed by atoms with Crippen molar-refractivity contribution >= 4 is 35.0 Å². The standard InChI is InChI=1S/C15H11Cl2NO3/c1-9(14(19)10-2-5-12(16)6-3-10)21-15(20)11-4-7-13(17)18-8-11/h2-9H,1H3/t9-/m1/s1. The van der Waals surface area contributed by atoms with Crippen molar-refractivity contribution < 1.29 is 14.3 Å². The maximum absolute atomic E-state index is 12.1. The van der Waals surface area contributed by atoms with Gasteiger partial charge in [0.05, 0.1) is 5.56 Å². The highest BCUT2D eigenvalue weighted by molar-refractivity contribution is 6.30. The molecule has 0 N–H and O–H groups in total. The van der Waals surface area contributed by atoms with E-state index in [-0.39, 0.29) is 16.5 Å². The zero-order chi connectivity index (χ0) is 15.4. The van der Waals surface area contributed by atoms with Gasteiger partial charge in [-0.1, -0.05) is 23.2 Å². The highest BCUT2D eigenvalue weighted by Gasteiger charge is 2.20. The Morgan fingerprint density at radius 2 is 1.67 bits per heavy atom. The second-order valence-electron chi connectivity index (χ2n) is 4.29. The number of halogens is 2. The Bertz CT molecular complexity index is 654. The minimum Gasteiger partial charge on any atom is -0.451 e. The van der Waals surface area contributed by atoms with Gasteiger partial charge in [-0.05, 0) is 43.3 Å². The fraction of sp³-hybridized carbons (Fsp3) is 0.133. The van der Waals surface area contributed by atoms with E-state index in [1.165, 1.54) is 25.3 Å². The van der Waals surface area contributed by atoms with Gasteiger partial charge in [-0.3, -0.25) is 4.79 Å². The second kappa shape index (κ2) is 6.70. The van der Waals surface area contributed by atoms with E-state index in [0.29, 0.717) is 10.6 Å². The third kappa shape index (κ3) is 4.03. The van der Waals surface area contributed by atoms with Crippen LogP contribution in [-0.4, -0.2) is 22.8 Å². The normalized spacial score (nSPS) is 11.8. The fourth-order valence-corrected chi connectivity index (χ4v) is 1.87. The molecule has 0 radical (unpaired) electrons. The number of aromatic nitrogens is 1. The molecule has 0 saturated heterocycles. The van der Waals surface area contributed by atoms with Gasteiger partial charge in [0.25, 0.3) is 0 Å². The molecule has 6 heteroatoms. The first-order chi connectivity index (χ1) is 9.97. The van der Waals surface area contributed by atoms with E-state index in [4.69, 9.17) is 27.9 Å². The molecule has 0 aliphatic carbocycles. The molecule has 0 fully saturated rings. The van der Waals surface area contributed by atoms with Crippen molar-refractivity contribution in [3.63, 3.8) is 0 Å². The lowest BCUT2D eigenvalue weighted by Gasteiger charge is -2.12. The minimum absolute atomic E-state index is 0.232. The van der Waals surface area contributed by atoms with Crippen molar-refractivity contribution in [3.8, 4) is 0 Å². The number of nitrogens with zero attached hydrogens (tertiary/aromatic N) is 1. The Morgan fingerprint density at radius 1 is 1.05 bits per heavy atom. The number of esters is 1. The molecule has 0 bridgehead atoms. The number of benzene rings is 1. The lowest BCUT2D eigenvalue weighted by Crippen LogP contribution is -2.24. The number of carbonyl (C=O) groups excluding carboxylic acids is 2. The van der Waals surface area contributed by atoms with E-state index in [1.807, 2.05) is 0 Å². The highest BCUT2D eigenvalue weighted by atomic mass is 35.5. The smallest absolute Gasteiger partial charge is 0.340 e.